The van der Waals surface area contributed by atoms with Crippen molar-refractivity contribution in [2.75, 3.05) is 19.6 Å². The summed E-state index contributed by atoms with van der Waals surface area (Å²) in [5.74, 6) is 0. The fourth-order valence-corrected chi connectivity index (χ4v) is 3.20. The molecule has 1 aliphatic rings. The van der Waals surface area contributed by atoms with Gasteiger partial charge in [-0.1, -0.05) is 19.1 Å². The van der Waals surface area contributed by atoms with E-state index in [0.717, 1.165) is 52.0 Å². The minimum Gasteiger partial charge on any atom is -0.286 e. The van der Waals surface area contributed by atoms with E-state index in [2.05, 4.69) is 16.9 Å². The van der Waals surface area contributed by atoms with Gasteiger partial charge in [-0.15, -0.1) is 0 Å². The molecular weight excluding hydrogens is 372 g/mol. The molecule has 6 heteroatoms. The number of nitrogens with zero attached hydrogens (tertiary/aromatic N) is 6. The van der Waals surface area contributed by atoms with Gasteiger partial charge in [0.25, 0.3) is 0 Å². The molecule has 0 N–H and O–H groups in total. The van der Waals surface area contributed by atoms with Crippen molar-refractivity contribution in [1.82, 2.24) is 9.97 Å². The van der Waals surface area contributed by atoms with Gasteiger partial charge in [-0.3, -0.25) is 20.0 Å². The zero-order valence-electron chi connectivity index (χ0n) is 18.6. The molecule has 0 amide bonds. The van der Waals surface area contributed by atoms with Crippen molar-refractivity contribution in [3.63, 3.8) is 0 Å². The first-order valence-electron chi connectivity index (χ1n) is 10.5. The third-order valence-electron chi connectivity index (χ3n) is 5.17. The number of rotatable bonds is 1. The molecule has 0 radical (unpaired) electrons. The van der Waals surface area contributed by atoms with Gasteiger partial charge in [0.1, 0.15) is 0 Å². The van der Waals surface area contributed by atoms with E-state index in [1.807, 2.05) is 64.1 Å². The summed E-state index contributed by atoms with van der Waals surface area (Å²) in [6.07, 6.45) is 0.910. The van der Waals surface area contributed by atoms with E-state index >= 15 is 0 Å². The van der Waals surface area contributed by atoms with Gasteiger partial charge in [-0.25, -0.2) is 9.97 Å². The summed E-state index contributed by atoms with van der Waals surface area (Å²) in [6.45, 7) is 12.0. The molecule has 0 spiro atoms. The molecule has 3 heterocycles. The molecule has 1 unspecified atom stereocenters. The van der Waals surface area contributed by atoms with Crippen molar-refractivity contribution in [2.45, 2.75) is 47.1 Å². The van der Waals surface area contributed by atoms with Gasteiger partial charge in [0, 0.05) is 0 Å². The van der Waals surface area contributed by atoms with Gasteiger partial charge in [0.2, 0.25) is 0 Å². The summed E-state index contributed by atoms with van der Waals surface area (Å²) in [4.78, 5) is 28.5. The van der Waals surface area contributed by atoms with E-state index in [0.29, 0.717) is 19.6 Å². The second-order valence-electron chi connectivity index (χ2n) is 7.45. The SMILES string of the molecule is CCC1CN=C(C)c2cccc(n2)C(C)=NCCN=C(C)c2cccc(n2)C(C)=N1. The minimum atomic E-state index is 0.102. The Bertz CT molecular complexity index is 1020. The lowest BCUT2D eigenvalue weighted by Gasteiger charge is -2.11. The second kappa shape index (κ2) is 10.1. The number of pyridine rings is 2. The van der Waals surface area contributed by atoms with Crippen LogP contribution in [-0.4, -0.2) is 58.5 Å². The Morgan fingerprint density at radius 2 is 1.10 bits per heavy atom. The lowest BCUT2D eigenvalue weighted by atomic mass is 10.1. The number of aliphatic imine (C=N–C) groups is 4. The van der Waals surface area contributed by atoms with Crippen LogP contribution in [0.25, 0.3) is 0 Å². The van der Waals surface area contributed by atoms with E-state index in [4.69, 9.17) is 20.0 Å². The predicted molar refractivity (Wildman–Crippen MR) is 126 cm³/mol. The highest BCUT2D eigenvalue weighted by Gasteiger charge is 2.10. The maximum absolute atomic E-state index is 4.90. The summed E-state index contributed by atoms with van der Waals surface area (Å²) in [5, 5.41) is 0. The highest BCUT2D eigenvalue weighted by Crippen LogP contribution is 2.09. The molecule has 0 saturated heterocycles. The van der Waals surface area contributed by atoms with Crippen molar-refractivity contribution in [2.24, 2.45) is 20.0 Å². The molecule has 2 aromatic rings. The van der Waals surface area contributed by atoms with Crippen molar-refractivity contribution < 1.29 is 0 Å². The Kier molecular flexibility index (Phi) is 7.33. The molecule has 156 valence electrons. The molecule has 3 rings (SSSR count). The summed E-state index contributed by atoms with van der Waals surface area (Å²) < 4.78 is 0. The van der Waals surface area contributed by atoms with Crippen LogP contribution in [0, 0.1) is 0 Å². The molecule has 2 aromatic heterocycles. The molecule has 0 saturated carbocycles. The predicted octanol–water partition coefficient (Wildman–Crippen LogP) is 4.21. The van der Waals surface area contributed by atoms with Crippen LogP contribution < -0.4 is 0 Å². The fraction of sp³-hybridized carbons (Fsp3) is 0.417. The van der Waals surface area contributed by atoms with Crippen molar-refractivity contribution >= 4 is 22.8 Å². The molecular formula is C24H30N6. The topological polar surface area (TPSA) is 75.2 Å². The third kappa shape index (κ3) is 5.53. The van der Waals surface area contributed by atoms with Gasteiger partial charge < -0.3 is 0 Å². The first-order chi connectivity index (χ1) is 14.5. The number of hydrogen-bond acceptors (Lipinski definition) is 6. The summed E-state index contributed by atoms with van der Waals surface area (Å²) in [5.41, 5.74) is 7.16. The van der Waals surface area contributed by atoms with Crippen LogP contribution in [0.5, 0.6) is 0 Å². The van der Waals surface area contributed by atoms with Crippen LogP contribution in [0.2, 0.25) is 0 Å². The van der Waals surface area contributed by atoms with Gasteiger partial charge in [0.15, 0.2) is 0 Å². The molecule has 30 heavy (non-hydrogen) atoms. The zero-order chi connectivity index (χ0) is 21.5. The van der Waals surface area contributed by atoms with Crippen LogP contribution in [0.4, 0.5) is 0 Å². The van der Waals surface area contributed by atoms with E-state index in [1.165, 1.54) is 0 Å². The lowest BCUT2D eigenvalue weighted by molar-refractivity contribution is 0.663. The molecule has 1 atom stereocenters. The Morgan fingerprint density at radius 1 is 0.667 bits per heavy atom. The molecule has 4 bridgehead atoms. The Morgan fingerprint density at radius 3 is 1.57 bits per heavy atom. The quantitative estimate of drug-likeness (QED) is 0.717. The number of aromatic nitrogens is 2. The Labute approximate surface area is 179 Å². The van der Waals surface area contributed by atoms with E-state index in [9.17, 15) is 0 Å². The maximum atomic E-state index is 4.90. The van der Waals surface area contributed by atoms with Crippen molar-refractivity contribution in [3.8, 4) is 0 Å². The normalized spacial score (nSPS) is 18.4. The van der Waals surface area contributed by atoms with Crippen LogP contribution >= 0.6 is 0 Å². The van der Waals surface area contributed by atoms with Crippen LogP contribution in [0.3, 0.4) is 0 Å². The van der Waals surface area contributed by atoms with Crippen molar-refractivity contribution in [1.29, 1.82) is 0 Å². The van der Waals surface area contributed by atoms with Gasteiger partial charge in [-0.05, 0) is 58.4 Å². The summed E-state index contributed by atoms with van der Waals surface area (Å²) in [7, 11) is 0. The van der Waals surface area contributed by atoms with E-state index in [1.54, 1.807) is 0 Å². The van der Waals surface area contributed by atoms with E-state index in [-0.39, 0.29) is 6.04 Å². The largest absolute Gasteiger partial charge is 0.286 e. The molecule has 0 aliphatic carbocycles. The molecule has 0 aromatic carbocycles. The number of hydrogen-bond donors (Lipinski definition) is 0. The average molecular weight is 403 g/mol. The van der Waals surface area contributed by atoms with Gasteiger partial charge >= 0.3 is 0 Å². The highest BCUT2D eigenvalue weighted by atomic mass is 14.9. The highest BCUT2D eigenvalue weighted by molar-refractivity contribution is 6.01. The second-order valence-corrected chi connectivity index (χ2v) is 7.45. The van der Waals surface area contributed by atoms with E-state index < -0.39 is 0 Å². The first-order valence-corrected chi connectivity index (χ1v) is 10.5. The van der Waals surface area contributed by atoms with Crippen LogP contribution in [0.1, 0.15) is 63.8 Å². The monoisotopic (exact) mass is 402 g/mol. The van der Waals surface area contributed by atoms with Gasteiger partial charge in [0.05, 0.1) is 71.3 Å². The maximum Gasteiger partial charge on any atom is 0.0845 e. The minimum absolute atomic E-state index is 0.102. The first kappa shape index (κ1) is 21.7. The smallest absolute Gasteiger partial charge is 0.0845 e. The summed E-state index contributed by atoms with van der Waals surface area (Å²) >= 11 is 0. The standard InChI is InChI=1S/C24H30N6/c1-6-20-15-27-18(4)23-11-7-9-21(29-23)16(2)25-13-14-26-17(3)22-10-8-12-24(30-22)19(5)28-20/h7-12,20H,6,13-15H2,1-5H3. The van der Waals surface area contributed by atoms with Crippen LogP contribution in [-0.2, 0) is 0 Å². The zero-order valence-corrected chi connectivity index (χ0v) is 18.6. The van der Waals surface area contributed by atoms with Gasteiger partial charge in [-0.2, -0.15) is 0 Å². The molecule has 6 nitrogen and oxygen atoms in total. The fourth-order valence-electron chi connectivity index (χ4n) is 3.20. The Balaban J connectivity index is 2.03. The Hall–Kier alpha value is -3.02. The average Bonchev–Trinajstić information content (AvgIpc) is 2.78. The molecule has 1 aliphatic heterocycles. The third-order valence-corrected chi connectivity index (χ3v) is 5.17. The van der Waals surface area contributed by atoms with Crippen molar-refractivity contribution in [3.05, 3.63) is 59.2 Å². The number of fused-ring (bicyclic) bond motifs is 4. The lowest BCUT2D eigenvalue weighted by Crippen LogP contribution is -2.14. The molecule has 0 fully saturated rings. The summed E-state index contributed by atoms with van der Waals surface area (Å²) in [6, 6.07) is 12.1. The van der Waals surface area contributed by atoms with Crippen LogP contribution in [0.15, 0.2) is 56.4 Å².